The largest absolute Gasteiger partial charge is 0.326 e. The zero-order chi connectivity index (χ0) is 14.9. The quantitative estimate of drug-likeness (QED) is 0.851. The average molecular weight is 285 g/mol. The smallest absolute Gasteiger partial charge is 0.106 e. The molecule has 0 amide bonds. The van der Waals surface area contributed by atoms with Gasteiger partial charge in [0.1, 0.15) is 10.9 Å². The lowest BCUT2D eigenvalue weighted by molar-refractivity contribution is 0.772. The Morgan fingerprint density at radius 1 is 1.20 bits per heavy atom. The predicted molar refractivity (Wildman–Crippen MR) is 82.0 cm³/mol. The summed E-state index contributed by atoms with van der Waals surface area (Å²) in [5.41, 5.74) is 3.37. The number of aromatic nitrogens is 2. The fourth-order valence-corrected chi connectivity index (χ4v) is 3.49. The molecule has 0 radical (unpaired) electrons. The number of nitriles is 1. The highest BCUT2D eigenvalue weighted by Crippen LogP contribution is 2.34. The molecule has 1 aromatic heterocycles. The van der Waals surface area contributed by atoms with Crippen LogP contribution in [0.3, 0.4) is 0 Å². The average Bonchev–Trinajstić information content (AvgIpc) is 2.65. The normalized spacial score (nSPS) is 12.2. The Kier molecular flexibility index (Phi) is 4.20. The molecule has 20 heavy (non-hydrogen) atoms. The number of hydrogen-bond donors (Lipinski definition) is 0. The lowest BCUT2D eigenvalue weighted by atomic mass is 10.1. The van der Waals surface area contributed by atoms with Crippen molar-refractivity contribution in [2.45, 2.75) is 43.5 Å². The van der Waals surface area contributed by atoms with E-state index in [4.69, 9.17) is 5.26 Å². The molecule has 0 bridgehead atoms. The van der Waals surface area contributed by atoms with Crippen LogP contribution in [0.5, 0.6) is 0 Å². The van der Waals surface area contributed by atoms with Crippen molar-refractivity contribution >= 4 is 11.8 Å². The van der Waals surface area contributed by atoms with Crippen LogP contribution in [0.4, 0.5) is 0 Å². The van der Waals surface area contributed by atoms with Gasteiger partial charge in [-0.05, 0) is 51.0 Å². The Labute approximate surface area is 124 Å². The van der Waals surface area contributed by atoms with Crippen LogP contribution in [0.1, 0.15) is 35.5 Å². The highest BCUT2D eigenvalue weighted by Gasteiger charge is 2.18. The van der Waals surface area contributed by atoms with Crippen LogP contribution in [-0.4, -0.2) is 9.55 Å². The van der Waals surface area contributed by atoms with Crippen molar-refractivity contribution < 1.29 is 0 Å². The molecule has 1 aromatic carbocycles. The number of benzene rings is 1. The highest BCUT2D eigenvalue weighted by molar-refractivity contribution is 7.99. The van der Waals surface area contributed by atoms with E-state index in [1.165, 1.54) is 16.0 Å². The zero-order valence-electron chi connectivity index (χ0n) is 12.6. The molecule has 0 aliphatic rings. The van der Waals surface area contributed by atoms with Gasteiger partial charge in [0.2, 0.25) is 0 Å². The summed E-state index contributed by atoms with van der Waals surface area (Å²) < 4.78 is 2.06. The van der Waals surface area contributed by atoms with Crippen LogP contribution in [0.2, 0.25) is 0 Å². The maximum atomic E-state index is 9.16. The second-order valence-electron chi connectivity index (χ2n) is 5.18. The van der Waals surface area contributed by atoms with Gasteiger partial charge < -0.3 is 4.57 Å². The Hall–Kier alpha value is -1.73. The lowest BCUT2D eigenvalue weighted by Gasteiger charge is -2.09. The molecule has 4 heteroatoms. The van der Waals surface area contributed by atoms with Gasteiger partial charge >= 0.3 is 0 Å². The molecule has 1 heterocycles. The van der Waals surface area contributed by atoms with Crippen LogP contribution in [0, 0.1) is 32.1 Å². The summed E-state index contributed by atoms with van der Waals surface area (Å²) in [5, 5.41) is 10.2. The topological polar surface area (TPSA) is 41.6 Å². The van der Waals surface area contributed by atoms with E-state index < -0.39 is 0 Å². The Bertz CT molecular complexity index is 660. The summed E-state index contributed by atoms with van der Waals surface area (Å²) in [7, 11) is 2.00. The second-order valence-corrected chi connectivity index (χ2v) is 6.25. The van der Waals surface area contributed by atoms with Gasteiger partial charge in [-0.15, -0.1) is 0 Å². The van der Waals surface area contributed by atoms with Gasteiger partial charge in [0.05, 0.1) is 17.7 Å². The Balaban J connectivity index is 2.45. The zero-order valence-corrected chi connectivity index (χ0v) is 13.4. The molecular weight excluding hydrogens is 266 g/mol. The molecule has 104 valence electrons. The lowest BCUT2D eigenvalue weighted by Crippen LogP contribution is -1.96. The third-order valence-corrected chi connectivity index (χ3v) is 4.45. The molecule has 1 unspecified atom stereocenters. The molecule has 0 aliphatic heterocycles. The first-order chi connectivity index (χ1) is 9.42. The van der Waals surface area contributed by atoms with Gasteiger partial charge in [0.25, 0.3) is 0 Å². The molecule has 2 aromatic rings. The van der Waals surface area contributed by atoms with Gasteiger partial charge in [0.15, 0.2) is 0 Å². The van der Waals surface area contributed by atoms with E-state index in [1.807, 2.05) is 20.9 Å². The molecular formula is C16H19N3S. The standard InChI is InChI=1S/C16H19N3S/c1-10-6-11(2)8-14(7-10)20-16-15(12(3)9-17)18-13(4)19(16)5/h6-8,12H,1-5H3. The van der Waals surface area contributed by atoms with Crippen LogP contribution >= 0.6 is 11.8 Å². The molecule has 1 atom stereocenters. The Morgan fingerprint density at radius 2 is 1.80 bits per heavy atom. The van der Waals surface area contributed by atoms with Gasteiger partial charge in [-0.25, -0.2) is 4.98 Å². The highest BCUT2D eigenvalue weighted by atomic mass is 32.2. The first-order valence-electron chi connectivity index (χ1n) is 6.61. The van der Waals surface area contributed by atoms with E-state index in [0.29, 0.717) is 0 Å². The van der Waals surface area contributed by atoms with Gasteiger partial charge in [-0.1, -0.05) is 17.8 Å². The van der Waals surface area contributed by atoms with Gasteiger partial charge in [-0.2, -0.15) is 5.26 Å². The maximum absolute atomic E-state index is 9.16. The Morgan fingerprint density at radius 3 is 2.35 bits per heavy atom. The van der Waals surface area contributed by atoms with Crippen LogP contribution in [0.15, 0.2) is 28.1 Å². The van der Waals surface area contributed by atoms with Crippen molar-refractivity contribution in [1.82, 2.24) is 9.55 Å². The monoisotopic (exact) mass is 285 g/mol. The van der Waals surface area contributed by atoms with Crippen molar-refractivity contribution in [1.29, 1.82) is 5.26 Å². The predicted octanol–water partition coefficient (Wildman–Crippen LogP) is 4.12. The van der Waals surface area contributed by atoms with Gasteiger partial charge in [-0.3, -0.25) is 0 Å². The van der Waals surface area contributed by atoms with Crippen LogP contribution in [-0.2, 0) is 7.05 Å². The van der Waals surface area contributed by atoms with E-state index >= 15 is 0 Å². The number of rotatable bonds is 3. The molecule has 0 fully saturated rings. The number of nitrogens with zero attached hydrogens (tertiary/aromatic N) is 3. The number of hydrogen-bond acceptors (Lipinski definition) is 3. The maximum Gasteiger partial charge on any atom is 0.106 e. The summed E-state index contributed by atoms with van der Waals surface area (Å²) in [4.78, 5) is 5.73. The molecule has 3 nitrogen and oxygen atoms in total. The summed E-state index contributed by atoms with van der Waals surface area (Å²) >= 11 is 1.68. The third-order valence-electron chi connectivity index (χ3n) is 3.30. The number of aryl methyl sites for hydroxylation is 3. The molecule has 0 saturated carbocycles. The van der Waals surface area contributed by atoms with Crippen molar-refractivity contribution in [3.63, 3.8) is 0 Å². The summed E-state index contributed by atoms with van der Waals surface area (Å²) in [5.74, 6) is 0.747. The molecule has 0 N–H and O–H groups in total. The summed E-state index contributed by atoms with van der Waals surface area (Å²) in [6, 6.07) is 8.78. The van der Waals surface area contributed by atoms with Crippen molar-refractivity contribution in [3.8, 4) is 6.07 Å². The van der Waals surface area contributed by atoms with E-state index in [-0.39, 0.29) is 5.92 Å². The summed E-state index contributed by atoms with van der Waals surface area (Å²) in [6.45, 7) is 8.07. The van der Waals surface area contributed by atoms with E-state index in [9.17, 15) is 0 Å². The minimum absolute atomic E-state index is 0.191. The first-order valence-corrected chi connectivity index (χ1v) is 7.43. The van der Waals surface area contributed by atoms with Crippen molar-refractivity contribution in [3.05, 3.63) is 40.8 Å². The molecule has 0 aliphatic carbocycles. The second kappa shape index (κ2) is 5.72. The first kappa shape index (κ1) is 14.7. The molecule has 0 saturated heterocycles. The molecule has 0 spiro atoms. The van der Waals surface area contributed by atoms with Gasteiger partial charge in [0, 0.05) is 11.9 Å². The minimum Gasteiger partial charge on any atom is -0.326 e. The summed E-state index contributed by atoms with van der Waals surface area (Å²) in [6.07, 6.45) is 0. The molecule has 2 rings (SSSR count). The number of imidazole rings is 1. The SMILES string of the molecule is Cc1cc(C)cc(Sc2c(C(C)C#N)nc(C)n2C)c1. The third kappa shape index (κ3) is 2.88. The fraction of sp³-hybridized carbons (Fsp3) is 0.375. The fourth-order valence-electron chi connectivity index (χ4n) is 2.18. The van der Waals surface area contributed by atoms with Crippen LogP contribution < -0.4 is 0 Å². The van der Waals surface area contributed by atoms with E-state index in [1.54, 1.807) is 11.8 Å². The van der Waals surface area contributed by atoms with Crippen LogP contribution in [0.25, 0.3) is 0 Å². The van der Waals surface area contributed by atoms with Crippen molar-refractivity contribution in [2.75, 3.05) is 0 Å². The van der Waals surface area contributed by atoms with E-state index in [2.05, 4.69) is 47.7 Å². The van der Waals surface area contributed by atoms with Crippen molar-refractivity contribution in [2.24, 2.45) is 7.05 Å². The van der Waals surface area contributed by atoms with E-state index in [0.717, 1.165) is 16.5 Å². The minimum atomic E-state index is -0.191.